The fourth-order valence-electron chi connectivity index (χ4n) is 3.16. The molecule has 3 nitrogen and oxygen atoms in total. The third-order valence-electron chi connectivity index (χ3n) is 4.48. The van der Waals surface area contributed by atoms with E-state index in [1.165, 1.54) is 11.1 Å². The molecular weight excluding hydrogens is 308 g/mol. The van der Waals surface area contributed by atoms with E-state index in [0.29, 0.717) is 5.02 Å². The molecule has 3 rings (SSSR count). The smallest absolute Gasteiger partial charge is 0.317 e. The van der Waals surface area contributed by atoms with Crippen LogP contribution in [-0.2, 0) is 0 Å². The Labute approximate surface area is 142 Å². The summed E-state index contributed by atoms with van der Waals surface area (Å²) in [7, 11) is 0. The Bertz CT molecular complexity index is 729. The Balaban J connectivity index is 1.78. The number of carbonyl (C=O) groups is 1. The summed E-state index contributed by atoms with van der Waals surface area (Å²) in [5.74, 6) is 0. The molecule has 1 N–H and O–H groups in total. The van der Waals surface area contributed by atoms with E-state index in [1.54, 1.807) is 6.07 Å². The van der Waals surface area contributed by atoms with Crippen LogP contribution >= 0.6 is 11.6 Å². The molecule has 0 saturated carbocycles. The summed E-state index contributed by atoms with van der Waals surface area (Å²) in [5.41, 5.74) is 4.21. The van der Waals surface area contributed by atoms with Gasteiger partial charge in [0.05, 0.1) is 6.04 Å². The van der Waals surface area contributed by atoms with E-state index in [-0.39, 0.29) is 12.1 Å². The molecule has 0 aromatic heterocycles. The van der Waals surface area contributed by atoms with Gasteiger partial charge in [0.15, 0.2) is 0 Å². The summed E-state index contributed by atoms with van der Waals surface area (Å²) in [6.45, 7) is 4.83. The lowest BCUT2D eigenvalue weighted by molar-refractivity contribution is 0.207. The van der Waals surface area contributed by atoms with E-state index in [0.717, 1.165) is 30.6 Å². The number of hydrogen-bond donors (Lipinski definition) is 1. The number of rotatable bonds is 2. The number of likely N-dealkylation sites (tertiary alicyclic amines) is 1. The molecule has 1 atom stereocenters. The van der Waals surface area contributed by atoms with Crippen molar-refractivity contribution in [2.24, 2.45) is 0 Å². The lowest BCUT2D eigenvalue weighted by Crippen LogP contribution is -2.34. The fourth-order valence-corrected chi connectivity index (χ4v) is 3.34. The van der Waals surface area contributed by atoms with E-state index >= 15 is 0 Å². The normalized spacial score (nSPS) is 17.3. The van der Waals surface area contributed by atoms with Gasteiger partial charge in [0.1, 0.15) is 0 Å². The van der Waals surface area contributed by atoms with Gasteiger partial charge in [-0.15, -0.1) is 0 Å². The van der Waals surface area contributed by atoms with Crippen molar-refractivity contribution < 1.29 is 4.79 Å². The van der Waals surface area contributed by atoms with Crippen LogP contribution in [0.25, 0.3) is 0 Å². The second kappa shape index (κ2) is 6.63. The largest absolute Gasteiger partial charge is 0.322 e. The first-order valence-corrected chi connectivity index (χ1v) is 8.33. The quantitative estimate of drug-likeness (QED) is 0.794. The van der Waals surface area contributed by atoms with Crippen LogP contribution in [0, 0.1) is 13.8 Å². The maximum Gasteiger partial charge on any atom is 0.322 e. The van der Waals surface area contributed by atoms with Crippen molar-refractivity contribution in [1.29, 1.82) is 0 Å². The minimum atomic E-state index is -0.0596. The lowest BCUT2D eigenvalue weighted by atomic mass is 9.99. The predicted octanol–water partition coefficient (Wildman–Crippen LogP) is 5.33. The Kier molecular flexibility index (Phi) is 4.58. The number of urea groups is 1. The molecule has 120 valence electrons. The number of nitrogens with one attached hydrogen (secondary N) is 1. The molecule has 4 heteroatoms. The number of amides is 2. The summed E-state index contributed by atoms with van der Waals surface area (Å²) in [6.07, 6.45) is 2.04. The predicted molar refractivity (Wildman–Crippen MR) is 95.1 cm³/mol. The molecule has 0 spiro atoms. The summed E-state index contributed by atoms with van der Waals surface area (Å²) in [6, 6.07) is 14.0. The fraction of sp³-hybridized carbons (Fsp3) is 0.316. The second-order valence-electron chi connectivity index (χ2n) is 6.10. The van der Waals surface area contributed by atoms with Gasteiger partial charge in [-0.25, -0.2) is 4.79 Å². The number of anilines is 1. The van der Waals surface area contributed by atoms with Crippen LogP contribution < -0.4 is 5.32 Å². The van der Waals surface area contributed by atoms with Gasteiger partial charge in [-0.1, -0.05) is 41.9 Å². The topological polar surface area (TPSA) is 32.3 Å². The van der Waals surface area contributed by atoms with Crippen molar-refractivity contribution in [3.05, 3.63) is 64.2 Å². The molecule has 2 aromatic rings. The van der Waals surface area contributed by atoms with Gasteiger partial charge in [-0.05, 0) is 55.5 Å². The summed E-state index contributed by atoms with van der Waals surface area (Å²) >= 11 is 6.14. The Morgan fingerprint density at radius 3 is 2.70 bits per heavy atom. The van der Waals surface area contributed by atoms with E-state index in [9.17, 15) is 4.79 Å². The van der Waals surface area contributed by atoms with E-state index in [1.807, 2.05) is 36.1 Å². The lowest BCUT2D eigenvalue weighted by Gasteiger charge is -2.26. The van der Waals surface area contributed by atoms with Crippen LogP contribution in [-0.4, -0.2) is 17.5 Å². The van der Waals surface area contributed by atoms with Gasteiger partial charge in [-0.2, -0.15) is 0 Å². The first-order chi connectivity index (χ1) is 11.1. The minimum absolute atomic E-state index is 0.0596. The van der Waals surface area contributed by atoms with Crippen molar-refractivity contribution >= 4 is 23.3 Å². The second-order valence-corrected chi connectivity index (χ2v) is 6.51. The molecule has 0 bridgehead atoms. The van der Waals surface area contributed by atoms with Crippen molar-refractivity contribution in [2.45, 2.75) is 32.7 Å². The average Bonchev–Trinajstić information content (AvgIpc) is 3.01. The van der Waals surface area contributed by atoms with Gasteiger partial charge in [0.25, 0.3) is 0 Å². The third-order valence-corrected chi connectivity index (χ3v) is 4.89. The Morgan fingerprint density at radius 1 is 1.17 bits per heavy atom. The monoisotopic (exact) mass is 328 g/mol. The van der Waals surface area contributed by atoms with Crippen molar-refractivity contribution in [2.75, 3.05) is 11.9 Å². The number of carbonyl (C=O) groups excluding carboxylic acids is 1. The average molecular weight is 329 g/mol. The van der Waals surface area contributed by atoms with E-state index in [4.69, 9.17) is 11.6 Å². The Morgan fingerprint density at radius 2 is 1.96 bits per heavy atom. The van der Waals surface area contributed by atoms with Crippen LogP contribution in [0.1, 0.15) is 35.6 Å². The molecule has 1 unspecified atom stereocenters. The number of aryl methyl sites for hydroxylation is 2. The number of hydrogen-bond acceptors (Lipinski definition) is 1. The summed E-state index contributed by atoms with van der Waals surface area (Å²) in [4.78, 5) is 14.6. The van der Waals surface area contributed by atoms with Gasteiger partial charge >= 0.3 is 6.03 Å². The van der Waals surface area contributed by atoms with E-state index < -0.39 is 0 Å². The highest BCUT2D eigenvalue weighted by molar-refractivity contribution is 6.31. The van der Waals surface area contributed by atoms with Gasteiger partial charge < -0.3 is 10.2 Å². The summed E-state index contributed by atoms with van der Waals surface area (Å²) < 4.78 is 0. The van der Waals surface area contributed by atoms with Crippen LogP contribution in [0.4, 0.5) is 10.5 Å². The molecule has 1 saturated heterocycles. The maximum absolute atomic E-state index is 12.7. The standard InChI is InChI=1S/C19H21ClN2O/c1-13-6-3-4-7-16(13)18-8-5-11-22(18)19(23)21-15-10-9-14(2)17(20)12-15/h3-4,6-7,9-10,12,18H,5,8,11H2,1-2H3,(H,21,23). The molecule has 2 amide bonds. The van der Waals surface area contributed by atoms with Crippen LogP contribution in [0.5, 0.6) is 0 Å². The van der Waals surface area contributed by atoms with Crippen LogP contribution in [0.15, 0.2) is 42.5 Å². The van der Waals surface area contributed by atoms with Gasteiger partial charge in [0.2, 0.25) is 0 Å². The zero-order chi connectivity index (χ0) is 16.4. The zero-order valence-corrected chi connectivity index (χ0v) is 14.2. The highest BCUT2D eigenvalue weighted by Gasteiger charge is 2.30. The van der Waals surface area contributed by atoms with Crippen molar-refractivity contribution in [3.8, 4) is 0 Å². The number of halogens is 1. The zero-order valence-electron chi connectivity index (χ0n) is 13.5. The minimum Gasteiger partial charge on any atom is -0.317 e. The highest BCUT2D eigenvalue weighted by atomic mass is 35.5. The van der Waals surface area contributed by atoms with Crippen LogP contribution in [0.2, 0.25) is 5.02 Å². The molecule has 0 radical (unpaired) electrons. The maximum atomic E-state index is 12.7. The van der Waals surface area contributed by atoms with Crippen molar-refractivity contribution in [1.82, 2.24) is 4.90 Å². The third kappa shape index (κ3) is 3.35. The highest BCUT2D eigenvalue weighted by Crippen LogP contribution is 2.34. The Hall–Kier alpha value is -2.00. The molecule has 1 aliphatic heterocycles. The van der Waals surface area contributed by atoms with Crippen molar-refractivity contribution in [3.63, 3.8) is 0 Å². The molecule has 0 aliphatic carbocycles. The molecule has 2 aromatic carbocycles. The summed E-state index contributed by atoms with van der Waals surface area (Å²) in [5, 5.41) is 3.64. The number of benzene rings is 2. The molecule has 1 aliphatic rings. The first kappa shape index (κ1) is 15.9. The van der Waals surface area contributed by atoms with Gasteiger partial charge in [-0.3, -0.25) is 0 Å². The number of nitrogens with zero attached hydrogens (tertiary/aromatic N) is 1. The van der Waals surface area contributed by atoms with Gasteiger partial charge in [0, 0.05) is 17.3 Å². The molecule has 1 heterocycles. The molecular formula is C19H21ClN2O. The molecule has 23 heavy (non-hydrogen) atoms. The SMILES string of the molecule is Cc1ccc(NC(=O)N2CCCC2c2ccccc2C)cc1Cl. The van der Waals surface area contributed by atoms with Crippen LogP contribution in [0.3, 0.4) is 0 Å². The first-order valence-electron chi connectivity index (χ1n) is 7.95. The molecule has 1 fully saturated rings. The van der Waals surface area contributed by atoms with E-state index in [2.05, 4.69) is 24.4 Å².